The van der Waals surface area contributed by atoms with Crippen LogP contribution in [0, 0.1) is 0 Å². The molecule has 0 saturated carbocycles. The van der Waals surface area contributed by atoms with E-state index in [0.717, 1.165) is 15.3 Å². The van der Waals surface area contributed by atoms with Crippen molar-refractivity contribution >= 4 is 17.3 Å². The first-order valence-electron chi connectivity index (χ1n) is 6.61. The molecule has 0 atom stereocenters. The van der Waals surface area contributed by atoms with Gasteiger partial charge in [0.1, 0.15) is 24.4 Å². The van der Waals surface area contributed by atoms with Gasteiger partial charge in [0.2, 0.25) is 0 Å². The predicted octanol–water partition coefficient (Wildman–Crippen LogP) is 1.07. The highest BCUT2D eigenvalue weighted by molar-refractivity contribution is 5.66. The topological polar surface area (TPSA) is 102 Å². The van der Waals surface area contributed by atoms with Crippen LogP contribution in [0.4, 0.5) is 19.0 Å². The third-order valence-electron chi connectivity index (χ3n) is 2.87. The van der Waals surface area contributed by atoms with Gasteiger partial charge in [-0.1, -0.05) is 13.8 Å². The first-order chi connectivity index (χ1) is 10.6. The predicted molar refractivity (Wildman–Crippen MR) is 73.5 cm³/mol. The number of nitrogens with one attached hydrogen (secondary N) is 1. The van der Waals surface area contributed by atoms with Crippen molar-refractivity contribution in [3.05, 3.63) is 22.2 Å². The largest absolute Gasteiger partial charge is 0.480 e. The van der Waals surface area contributed by atoms with Gasteiger partial charge in [-0.05, 0) is 0 Å². The molecule has 0 bridgehead atoms. The minimum absolute atomic E-state index is 0.0466. The van der Waals surface area contributed by atoms with Gasteiger partial charge in [0, 0.05) is 12.0 Å². The molecule has 0 radical (unpaired) electrons. The molecule has 0 unspecified atom stereocenters. The Morgan fingerprint density at radius 2 is 2.04 bits per heavy atom. The number of nitrogens with zero attached hydrogens (tertiary/aromatic N) is 4. The van der Waals surface area contributed by atoms with Gasteiger partial charge in [0.25, 0.3) is 5.56 Å². The van der Waals surface area contributed by atoms with E-state index in [9.17, 15) is 22.8 Å². The third-order valence-corrected chi connectivity index (χ3v) is 2.87. The molecule has 2 heterocycles. The van der Waals surface area contributed by atoms with Crippen molar-refractivity contribution in [1.29, 1.82) is 0 Å². The molecule has 23 heavy (non-hydrogen) atoms. The lowest BCUT2D eigenvalue weighted by Gasteiger charge is -2.10. The number of aromatic nitrogens is 4. The smallest absolute Gasteiger partial charge is 0.405 e. The van der Waals surface area contributed by atoms with Crippen LogP contribution >= 0.6 is 0 Å². The Morgan fingerprint density at radius 3 is 2.57 bits per heavy atom. The number of hydrogen-bond acceptors (Lipinski definition) is 5. The summed E-state index contributed by atoms with van der Waals surface area (Å²) in [6, 6.07) is 1.14. The number of alkyl halides is 3. The fraction of sp³-hybridized carbons (Fsp3) is 0.500. The Kier molecular flexibility index (Phi) is 4.30. The normalized spacial score (nSPS) is 12.1. The van der Waals surface area contributed by atoms with Gasteiger partial charge < -0.3 is 10.4 Å². The third kappa shape index (κ3) is 3.79. The van der Waals surface area contributed by atoms with E-state index >= 15 is 0 Å². The number of aliphatic carboxylic acids is 1. The zero-order chi connectivity index (χ0) is 17.4. The summed E-state index contributed by atoms with van der Waals surface area (Å²) in [5.74, 6) is -1.36. The second kappa shape index (κ2) is 5.89. The Morgan fingerprint density at radius 1 is 1.39 bits per heavy atom. The zero-order valence-electron chi connectivity index (χ0n) is 12.3. The van der Waals surface area contributed by atoms with Crippen LogP contribution in [0.3, 0.4) is 0 Å². The fourth-order valence-electron chi connectivity index (χ4n) is 1.92. The highest BCUT2D eigenvalue weighted by Gasteiger charge is 2.27. The molecule has 0 aliphatic heterocycles. The Labute approximate surface area is 127 Å². The number of carboxylic acid groups (broad SMARTS) is 1. The van der Waals surface area contributed by atoms with Gasteiger partial charge in [0.15, 0.2) is 5.82 Å². The number of carbonyl (C=O) groups is 1. The molecule has 0 amide bonds. The SMILES string of the molecule is CC(C)c1nn(CC(=O)O)c(=O)c2cc(NCC(F)(F)F)nn12. The van der Waals surface area contributed by atoms with E-state index in [0.29, 0.717) is 0 Å². The average Bonchev–Trinajstić information content (AvgIpc) is 2.82. The molecule has 0 aromatic carbocycles. The lowest BCUT2D eigenvalue weighted by Crippen LogP contribution is -2.30. The minimum atomic E-state index is -4.43. The quantitative estimate of drug-likeness (QED) is 0.849. The second-order valence-electron chi connectivity index (χ2n) is 5.16. The van der Waals surface area contributed by atoms with E-state index in [-0.39, 0.29) is 23.1 Å². The van der Waals surface area contributed by atoms with Gasteiger partial charge in [-0.3, -0.25) is 9.59 Å². The first kappa shape index (κ1) is 16.8. The summed E-state index contributed by atoms with van der Waals surface area (Å²) in [6.07, 6.45) is -4.43. The standard InChI is InChI=1S/C12H14F3N5O3/c1-6(2)10-18-19(4-9(21)22)11(23)7-3-8(17-20(7)10)16-5-12(13,14)15/h3,6H,4-5H2,1-2H3,(H,16,17)(H,21,22). The van der Waals surface area contributed by atoms with E-state index < -0.39 is 30.8 Å². The van der Waals surface area contributed by atoms with Gasteiger partial charge in [-0.25, -0.2) is 9.20 Å². The van der Waals surface area contributed by atoms with Gasteiger partial charge in [0.05, 0.1) is 0 Å². The molecule has 11 heteroatoms. The summed E-state index contributed by atoms with van der Waals surface area (Å²) >= 11 is 0. The summed E-state index contributed by atoms with van der Waals surface area (Å²) in [7, 11) is 0. The number of anilines is 1. The molecule has 126 valence electrons. The van der Waals surface area contributed by atoms with Gasteiger partial charge in [-0.15, -0.1) is 5.10 Å². The highest BCUT2D eigenvalue weighted by Crippen LogP contribution is 2.18. The molecule has 8 nitrogen and oxygen atoms in total. The van der Waals surface area contributed by atoms with Crippen molar-refractivity contribution in [3.8, 4) is 0 Å². The molecule has 2 rings (SSSR count). The van der Waals surface area contributed by atoms with E-state index in [1.165, 1.54) is 0 Å². The summed E-state index contributed by atoms with van der Waals surface area (Å²) in [4.78, 5) is 23.0. The maximum atomic E-state index is 12.3. The lowest BCUT2D eigenvalue weighted by atomic mass is 10.2. The molecular weight excluding hydrogens is 319 g/mol. The first-order valence-corrected chi connectivity index (χ1v) is 6.61. The second-order valence-corrected chi connectivity index (χ2v) is 5.16. The van der Waals surface area contributed by atoms with E-state index in [1.807, 2.05) is 0 Å². The summed E-state index contributed by atoms with van der Waals surface area (Å²) in [5.41, 5.74) is -0.793. The van der Waals surface area contributed by atoms with Crippen LogP contribution in [0.25, 0.3) is 5.52 Å². The van der Waals surface area contributed by atoms with Crippen molar-refractivity contribution in [3.63, 3.8) is 0 Å². The number of rotatable bonds is 5. The number of halogens is 3. The minimum Gasteiger partial charge on any atom is -0.480 e. The maximum Gasteiger partial charge on any atom is 0.405 e. The zero-order valence-corrected chi connectivity index (χ0v) is 12.3. The summed E-state index contributed by atoms with van der Waals surface area (Å²) in [6.45, 7) is 1.53. The van der Waals surface area contributed by atoms with Crippen LogP contribution in [-0.4, -0.2) is 43.2 Å². The van der Waals surface area contributed by atoms with Crippen molar-refractivity contribution in [2.24, 2.45) is 0 Å². The molecule has 0 aliphatic rings. The lowest BCUT2D eigenvalue weighted by molar-refractivity contribution is -0.138. The van der Waals surface area contributed by atoms with Crippen molar-refractivity contribution in [2.75, 3.05) is 11.9 Å². The molecule has 0 spiro atoms. The highest BCUT2D eigenvalue weighted by atomic mass is 19.4. The summed E-state index contributed by atoms with van der Waals surface area (Å²) in [5, 5.41) is 18.7. The molecule has 2 N–H and O–H groups in total. The molecule has 0 aliphatic carbocycles. The van der Waals surface area contributed by atoms with E-state index in [2.05, 4.69) is 15.5 Å². The Bertz CT molecular complexity index is 794. The molecule has 0 fully saturated rings. The van der Waals surface area contributed by atoms with Crippen LogP contribution in [0.15, 0.2) is 10.9 Å². The molecule has 2 aromatic rings. The fourth-order valence-corrected chi connectivity index (χ4v) is 1.92. The van der Waals surface area contributed by atoms with Crippen LogP contribution in [0.1, 0.15) is 25.6 Å². The van der Waals surface area contributed by atoms with Gasteiger partial charge in [-0.2, -0.15) is 18.3 Å². The molecular formula is C12H14F3N5O3. The van der Waals surface area contributed by atoms with Crippen LogP contribution in [0.5, 0.6) is 0 Å². The number of fused-ring (bicyclic) bond motifs is 1. The average molecular weight is 333 g/mol. The van der Waals surface area contributed by atoms with E-state index in [1.54, 1.807) is 13.8 Å². The van der Waals surface area contributed by atoms with Crippen LogP contribution in [0.2, 0.25) is 0 Å². The maximum absolute atomic E-state index is 12.3. The van der Waals surface area contributed by atoms with E-state index in [4.69, 9.17) is 5.11 Å². The summed E-state index contributed by atoms with van der Waals surface area (Å²) < 4.78 is 38.6. The Balaban J connectivity index is 2.54. The molecule has 2 aromatic heterocycles. The Hall–Kier alpha value is -2.59. The van der Waals surface area contributed by atoms with Crippen LogP contribution < -0.4 is 10.9 Å². The van der Waals surface area contributed by atoms with Crippen molar-refractivity contribution < 1.29 is 23.1 Å². The molecule has 0 saturated heterocycles. The van der Waals surface area contributed by atoms with Gasteiger partial charge >= 0.3 is 12.1 Å². The van der Waals surface area contributed by atoms with Crippen molar-refractivity contribution in [2.45, 2.75) is 32.5 Å². The van der Waals surface area contributed by atoms with Crippen LogP contribution in [-0.2, 0) is 11.3 Å². The number of carboxylic acids is 1. The monoisotopic (exact) mass is 333 g/mol. The number of hydrogen-bond donors (Lipinski definition) is 2. The van der Waals surface area contributed by atoms with Crippen molar-refractivity contribution in [1.82, 2.24) is 19.4 Å².